The monoisotopic (exact) mass is 254 g/mol. The molecule has 0 aromatic carbocycles. The normalized spacial score (nSPS) is 1.50. The molecule has 0 aromatic rings. The van der Waals surface area contributed by atoms with Crippen LogP contribution >= 0.6 is 0 Å². The molecule has 0 atom stereocenters. The number of aliphatic hydroxyl groups is 1. The summed E-state index contributed by atoms with van der Waals surface area (Å²) in [4.78, 5) is 0. The molecule has 0 aliphatic heterocycles. The Hall–Kier alpha value is 0.842. The molecule has 23 valence electrons. The molecule has 0 fully saturated rings. The van der Waals surface area contributed by atoms with E-state index >= 15 is 0 Å². The SMILES string of the molecule is [C]O.[OH-].[Pb]. The van der Waals surface area contributed by atoms with E-state index in [0.717, 1.165) is 0 Å². The maximum absolute atomic E-state index is 6.25. The molecule has 0 saturated heterocycles. The van der Waals surface area contributed by atoms with Crippen LogP contribution in [0.2, 0.25) is 0 Å². The summed E-state index contributed by atoms with van der Waals surface area (Å²) >= 11 is 0. The smallest absolute Gasteiger partial charge is 0.169 e. The molecule has 0 amide bonds. The van der Waals surface area contributed by atoms with Gasteiger partial charge in [-0.1, -0.05) is 0 Å². The first-order valence-electron chi connectivity index (χ1n) is 0.224. The third-order valence-corrected chi connectivity index (χ3v) is 0. The van der Waals surface area contributed by atoms with Crippen molar-refractivity contribution >= 4 is 27.3 Å². The van der Waals surface area contributed by atoms with Crippen LogP contribution in [0.4, 0.5) is 0 Å². The van der Waals surface area contributed by atoms with Gasteiger partial charge in [-0.05, 0) is 0 Å². The van der Waals surface area contributed by atoms with E-state index in [1.54, 1.807) is 0 Å². The quantitative estimate of drug-likeness (QED) is 0.583. The summed E-state index contributed by atoms with van der Waals surface area (Å²) in [5.41, 5.74) is 0. The van der Waals surface area contributed by atoms with Gasteiger partial charge in [0.05, 0.1) is 0 Å². The third-order valence-electron chi connectivity index (χ3n) is 0. The first kappa shape index (κ1) is 21.1. The van der Waals surface area contributed by atoms with Crippen LogP contribution in [0.25, 0.3) is 0 Å². The largest absolute Gasteiger partial charge is 0.870 e. The van der Waals surface area contributed by atoms with Gasteiger partial charge in [0.25, 0.3) is 0 Å². The molecule has 0 unspecified atom stereocenters. The zero-order valence-electron chi connectivity index (χ0n) is 1.89. The first-order chi connectivity index (χ1) is 1.00. The number of aliphatic hydroxyl groups excluding tert-OH is 1. The zero-order valence-corrected chi connectivity index (χ0v) is 5.78. The summed E-state index contributed by atoms with van der Waals surface area (Å²) in [5, 5.41) is 6.25. The van der Waals surface area contributed by atoms with E-state index in [1.165, 1.54) is 0 Å². The first-order valence-corrected chi connectivity index (χ1v) is 0.224. The predicted octanol–water partition coefficient (Wildman–Crippen LogP) is -0.653. The maximum atomic E-state index is 6.25. The Kier molecular flexibility index (Phi) is 230. The van der Waals surface area contributed by atoms with Crippen LogP contribution < -0.4 is 0 Å². The predicted molar refractivity (Wildman–Crippen MR) is 12.9 cm³/mol. The second-order valence-electron chi connectivity index (χ2n) is 0. The van der Waals surface area contributed by atoms with Gasteiger partial charge in [-0.25, -0.2) is 0 Å². The Labute approximate surface area is 45.3 Å². The van der Waals surface area contributed by atoms with Crippen molar-refractivity contribution < 1.29 is 10.6 Å². The number of hydrogen-bond acceptors (Lipinski definition) is 2. The summed E-state index contributed by atoms with van der Waals surface area (Å²) in [6.45, 7) is 0. The van der Waals surface area contributed by atoms with Gasteiger partial charge in [0.1, 0.15) is 0 Å². The van der Waals surface area contributed by atoms with Gasteiger partial charge in [-0.3, -0.25) is 0 Å². The van der Waals surface area contributed by atoms with Gasteiger partial charge in [-0.2, -0.15) is 0 Å². The molecule has 0 aromatic heterocycles. The van der Waals surface area contributed by atoms with E-state index in [-0.39, 0.29) is 32.8 Å². The van der Waals surface area contributed by atoms with Crippen LogP contribution in [0.1, 0.15) is 0 Å². The Bertz CT molecular complexity index is 6.00. The van der Waals surface area contributed by atoms with Crippen molar-refractivity contribution in [3.63, 3.8) is 0 Å². The molecule has 0 spiro atoms. The van der Waals surface area contributed by atoms with Crippen molar-refractivity contribution in [3.05, 3.63) is 7.11 Å². The molecular weight excluding hydrogens is 251 g/mol. The van der Waals surface area contributed by atoms with Gasteiger partial charge in [0.2, 0.25) is 0 Å². The molecular formula is CH2O2Pb-. The van der Waals surface area contributed by atoms with E-state index < -0.39 is 0 Å². The standard InChI is InChI=1S/CHO.H2O.Pb/c1-2;;/h2H;1H2;/p-1. The summed E-state index contributed by atoms with van der Waals surface area (Å²) in [6, 6.07) is 0. The summed E-state index contributed by atoms with van der Waals surface area (Å²) in [7, 11) is 4.75. The molecule has 0 saturated carbocycles. The van der Waals surface area contributed by atoms with Crippen LogP contribution in [0, 0.1) is 7.11 Å². The second kappa shape index (κ2) is 43.8. The van der Waals surface area contributed by atoms with E-state index in [2.05, 4.69) is 0 Å². The Morgan fingerprint density at radius 2 is 1.25 bits per heavy atom. The molecule has 0 rings (SSSR count). The summed E-state index contributed by atoms with van der Waals surface area (Å²) in [5.74, 6) is 0. The molecule has 3 heteroatoms. The fraction of sp³-hybridized carbons (Fsp3) is 0. The van der Waals surface area contributed by atoms with Gasteiger partial charge in [0.15, 0.2) is 7.11 Å². The van der Waals surface area contributed by atoms with E-state index in [1.807, 2.05) is 0 Å². The Balaban J connectivity index is -0.00000000500. The van der Waals surface area contributed by atoms with Crippen LogP contribution in [0.5, 0.6) is 0 Å². The van der Waals surface area contributed by atoms with Crippen molar-refractivity contribution in [3.8, 4) is 0 Å². The van der Waals surface area contributed by atoms with Crippen LogP contribution in [-0.4, -0.2) is 37.9 Å². The fourth-order valence-corrected chi connectivity index (χ4v) is 0. The van der Waals surface area contributed by atoms with E-state index in [4.69, 9.17) is 12.2 Å². The average molecular weight is 253 g/mol. The Morgan fingerprint density at radius 3 is 1.25 bits per heavy atom. The number of hydrogen-bond donors (Lipinski definition) is 1. The van der Waals surface area contributed by atoms with Crippen molar-refractivity contribution in [1.29, 1.82) is 0 Å². The zero-order chi connectivity index (χ0) is 2.00. The molecule has 0 heterocycles. The van der Waals surface area contributed by atoms with Crippen molar-refractivity contribution in [2.45, 2.75) is 0 Å². The molecule has 2 nitrogen and oxygen atoms in total. The molecule has 0 aliphatic carbocycles. The minimum Gasteiger partial charge on any atom is -0.870 e. The van der Waals surface area contributed by atoms with E-state index in [9.17, 15) is 0 Å². The van der Waals surface area contributed by atoms with Gasteiger partial charge >= 0.3 is 0 Å². The minimum atomic E-state index is 0. The number of rotatable bonds is 0. The van der Waals surface area contributed by atoms with Crippen LogP contribution in [0.15, 0.2) is 0 Å². The van der Waals surface area contributed by atoms with Crippen LogP contribution in [-0.2, 0) is 0 Å². The molecule has 0 aliphatic rings. The topological polar surface area (TPSA) is 50.2 Å². The van der Waals surface area contributed by atoms with Crippen molar-refractivity contribution in [2.24, 2.45) is 0 Å². The van der Waals surface area contributed by atoms with E-state index in [0.29, 0.717) is 0 Å². The molecule has 0 bridgehead atoms. The maximum Gasteiger partial charge on any atom is 0.169 e. The molecule has 7 radical (unpaired) electrons. The van der Waals surface area contributed by atoms with Crippen molar-refractivity contribution in [2.75, 3.05) is 0 Å². The van der Waals surface area contributed by atoms with Gasteiger partial charge in [0, 0.05) is 27.3 Å². The molecule has 2 N–H and O–H groups in total. The van der Waals surface area contributed by atoms with Gasteiger partial charge in [-0.15, -0.1) is 0 Å². The summed E-state index contributed by atoms with van der Waals surface area (Å²) < 4.78 is 0. The summed E-state index contributed by atoms with van der Waals surface area (Å²) in [6.07, 6.45) is 0. The van der Waals surface area contributed by atoms with Gasteiger partial charge < -0.3 is 10.6 Å². The average Bonchev–Trinajstić information content (AvgIpc) is 1.00. The van der Waals surface area contributed by atoms with Crippen molar-refractivity contribution in [1.82, 2.24) is 0 Å². The molecule has 4 heavy (non-hydrogen) atoms. The Morgan fingerprint density at radius 1 is 1.25 bits per heavy atom. The third kappa shape index (κ3) is 13.6. The second-order valence-corrected chi connectivity index (χ2v) is 0. The fourth-order valence-electron chi connectivity index (χ4n) is 0. The minimum absolute atomic E-state index is 0. The van der Waals surface area contributed by atoms with Crippen LogP contribution in [0.3, 0.4) is 0 Å².